The van der Waals surface area contributed by atoms with Crippen LogP contribution in [0.4, 0.5) is 16.2 Å². The van der Waals surface area contributed by atoms with Crippen LogP contribution in [0.5, 0.6) is 5.75 Å². The molecule has 26 heavy (non-hydrogen) atoms. The van der Waals surface area contributed by atoms with E-state index in [4.69, 9.17) is 4.74 Å². The lowest BCUT2D eigenvalue weighted by molar-refractivity contribution is -0.384. The van der Waals surface area contributed by atoms with Crippen molar-refractivity contribution in [2.45, 2.75) is 26.2 Å². The molecule has 0 unspecified atom stereocenters. The SMILES string of the molecule is CCOc1ccc([N+](=O)[O-])cc1NC(=O)N1C[C@@H]2CCC[C@@]2(C(=O)O)C1. The Bertz CT molecular complexity index is 752. The van der Waals surface area contributed by atoms with Gasteiger partial charge in [0.25, 0.3) is 5.69 Å². The summed E-state index contributed by atoms with van der Waals surface area (Å²) in [5.41, 5.74) is -0.834. The van der Waals surface area contributed by atoms with Gasteiger partial charge in [0.15, 0.2) is 0 Å². The number of anilines is 1. The Morgan fingerprint density at radius 3 is 2.88 bits per heavy atom. The normalized spacial score (nSPS) is 24.2. The van der Waals surface area contributed by atoms with Gasteiger partial charge in [0, 0.05) is 25.2 Å². The van der Waals surface area contributed by atoms with Gasteiger partial charge in [0.1, 0.15) is 5.75 Å². The van der Waals surface area contributed by atoms with Gasteiger partial charge in [-0.05, 0) is 31.7 Å². The highest BCUT2D eigenvalue weighted by Crippen LogP contribution is 2.49. The van der Waals surface area contributed by atoms with E-state index >= 15 is 0 Å². The number of urea groups is 1. The van der Waals surface area contributed by atoms with Gasteiger partial charge in [0.2, 0.25) is 0 Å². The number of carbonyl (C=O) groups is 2. The number of non-ortho nitro benzene ring substituents is 1. The molecule has 1 aliphatic heterocycles. The smallest absolute Gasteiger partial charge is 0.321 e. The lowest BCUT2D eigenvalue weighted by Gasteiger charge is -2.23. The first kappa shape index (κ1) is 18.0. The number of carbonyl (C=O) groups excluding carboxylic acids is 1. The minimum atomic E-state index is -0.872. The Morgan fingerprint density at radius 2 is 2.27 bits per heavy atom. The van der Waals surface area contributed by atoms with Crippen molar-refractivity contribution >= 4 is 23.4 Å². The van der Waals surface area contributed by atoms with Crippen molar-refractivity contribution in [3.8, 4) is 5.75 Å². The molecule has 2 atom stereocenters. The molecule has 1 saturated carbocycles. The zero-order valence-electron chi connectivity index (χ0n) is 14.4. The predicted molar refractivity (Wildman–Crippen MR) is 92.3 cm³/mol. The third-order valence-corrected chi connectivity index (χ3v) is 5.30. The van der Waals surface area contributed by atoms with Crippen molar-refractivity contribution < 1.29 is 24.4 Å². The van der Waals surface area contributed by atoms with Crippen molar-refractivity contribution in [2.24, 2.45) is 11.3 Å². The fourth-order valence-electron chi connectivity index (χ4n) is 4.00. The van der Waals surface area contributed by atoms with Gasteiger partial charge < -0.3 is 20.1 Å². The van der Waals surface area contributed by atoms with Gasteiger partial charge in [-0.15, -0.1) is 0 Å². The van der Waals surface area contributed by atoms with Crippen molar-refractivity contribution in [2.75, 3.05) is 25.0 Å². The summed E-state index contributed by atoms with van der Waals surface area (Å²) >= 11 is 0. The Kier molecular flexibility index (Phi) is 4.71. The third kappa shape index (κ3) is 3.04. The molecule has 3 rings (SSSR count). The first-order valence-corrected chi connectivity index (χ1v) is 8.58. The molecule has 9 nitrogen and oxygen atoms in total. The van der Waals surface area contributed by atoms with Gasteiger partial charge in [0.05, 0.1) is 22.6 Å². The third-order valence-electron chi connectivity index (χ3n) is 5.30. The fraction of sp³-hybridized carbons (Fsp3) is 0.529. The second-order valence-corrected chi connectivity index (χ2v) is 6.73. The summed E-state index contributed by atoms with van der Waals surface area (Å²) in [6.45, 7) is 2.63. The average molecular weight is 363 g/mol. The quantitative estimate of drug-likeness (QED) is 0.613. The summed E-state index contributed by atoms with van der Waals surface area (Å²) in [6, 6.07) is 3.52. The van der Waals surface area contributed by atoms with Gasteiger partial charge in [-0.25, -0.2) is 4.79 Å². The number of aliphatic carboxylic acids is 1. The number of benzene rings is 1. The molecule has 0 spiro atoms. The number of nitrogens with one attached hydrogen (secondary N) is 1. The molecule has 0 bridgehead atoms. The van der Waals surface area contributed by atoms with E-state index in [1.165, 1.54) is 23.1 Å². The lowest BCUT2D eigenvalue weighted by Crippen LogP contribution is -2.38. The van der Waals surface area contributed by atoms with E-state index in [-0.39, 0.29) is 23.8 Å². The van der Waals surface area contributed by atoms with Crippen LogP contribution in [0, 0.1) is 21.4 Å². The highest BCUT2D eigenvalue weighted by molar-refractivity contribution is 5.92. The average Bonchev–Trinajstić information content (AvgIpc) is 3.14. The zero-order valence-corrected chi connectivity index (χ0v) is 14.4. The number of carboxylic acid groups (broad SMARTS) is 1. The van der Waals surface area contributed by atoms with Gasteiger partial charge in [-0.1, -0.05) is 6.42 Å². The number of nitro benzene ring substituents is 1. The maximum absolute atomic E-state index is 12.6. The minimum absolute atomic E-state index is 0.0535. The molecule has 1 aromatic carbocycles. The van der Waals surface area contributed by atoms with Crippen molar-refractivity contribution in [3.63, 3.8) is 0 Å². The van der Waals surface area contributed by atoms with Crippen LogP contribution in [0.3, 0.4) is 0 Å². The van der Waals surface area contributed by atoms with Gasteiger partial charge >= 0.3 is 12.0 Å². The number of likely N-dealkylation sites (tertiary alicyclic amines) is 1. The molecule has 0 aromatic heterocycles. The Balaban J connectivity index is 1.79. The summed E-state index contributed by atoms with van der Waals surface area (Å²) in [6.07, 6.45) is 2.21. The summed E-state index contributed by atoms with van der Waals surface area (Å²) in [5, 5.41) is 23.3. The van der Waals surface area contributed by atoms with E-state index < -0.39 is 22.3 Å². The summed E-state index contributed by atoms with van der Waals surface area (Å²) < 4.78 is 5.42. The van der Waals surface area contributed by atoms with E-state index in [1.54, 1.807) is 6.92 Å². The number of amides is 2. The monoisotopic (exact) mass is 363 g/mol. The number of fused-ring (bicyclic) bond motifs is 1. The molecule has 2 fully saturated rings. The first-order valence-electron chi connectivity index (χ1n) is 8.58. The summed E-state index contributed by atoms with van der Waals surface area (Å²) in [5.74, 6) is -0.582. The van der Waals surface area contributed by atoms with E-state index in [2.05, 4.69) is 5.32 Å². The molecule has 9 heteroatoms. The van der Waals surface area contributed by atoms with Crippen LogP contribution < -0.4 is 10.1 Å². The number of nitrogens with zero attached hydrogens (tertiary/aromatic N) is 2. The molecular formula is C17H21N3O6. The molecule has 1 heterocycles. The highest BCUT2D eigenvalue weighted by Gasteiger charge is 2.55. The molecule has 1 saturated heterocycles. The van der Waals surface area contributed by atoms with Crippen molar-refractivity contribution in [1.29, 1.82) is 0 Å². The summed E-state index contributed by atoms with van der Waals surface area (Å²) in [4.78, 5) is 36.3. The molecule has 2 aliphatic rings. The highest BCUT2D eigenvalue weighted by atomic mass is 16.6. The Morgan fingerprint density at radius 1 is 1.50 bits per heavy atom. The predicted octanol–water partition coefficient (Wildman–Crippen LogP) is 2.71. The van der Waals surface area contributed by atoms with Crippen LogP contribution >= 0.6 is 0 Å². The van der Waals surface area contributed by atoms with E-state index in [9.17, 15) is 24.8 Å². The molecule has 1 aliphatic carbocycles. The zero-order chi connectivity index (χ0) is 18.9. The molecule has 2 amide bonds. The minimum Gasteiger partial charge on any atom is -0.492 e. The van der Waals surface area contributed by atoms with Crippen LogP contribution in [0.15, 0.2) is 18.2 Å². The van der Waals surface area contributed by atoms with E-state index in [0.29, 0.717) is 25.3 Å². The van der Waals surface area contributed by atoms with Crippen LogP contribution in [-0.2, 0) is 4.79 Å². The molecule has 0 radical (unpaired) electrons. The second-order valence-electron chi connectivity index (χ2n) is 6.73. The van der Waals surface area contributed by atoms with Crippen molar-refractivity contribution in [1.82, 2.24) is 4.90 Å². The molecule has 1 aromatic rings. The van der Waals surface area contributed by atoms with Crippen molar-refractivity contribution in [3.05, 3.63) is 28.3 Å². The number of hydrogen-bond acceptors (Lipinski definition) is 5. The maximum Gasteiger partial charge on any atom is 0.321 e. The number of hydrogen-bond donors (Lipinski definition) is 2. The summed E-state index contributed by atoms with van der Waals surface area (Å²) in [7, 11) is 0. The molecular weight excluding hydrogens is 342 g/mol. The van der Waals surface area contributed by atoms with Crippen LogP contribution in [0.2, 0.25) is 0 Å². The molecule has 140 valence electrons. The molecule has 2 N–H and O–H groups in total. The standard InChI is InChI=1S/C17H21N3O6/c1-2-26-14-6-5-12(20(24)25)8-13(14)18-16(23)19-9-11-4-3-7-17(11,10-19)15(21)22/h5-6,8,11H,2-4,7,9-10H2,1H3,(H,18,23)(H,21,22)/t11-,17+/m0/s1. The van der Waals surface area contributed by atoms with Gasteiger partial charge in [-0.3, -0.25) is 14.9 Å². The van der Waals surface area contributed by atoms with Crippen LogP contribution in [-0.4, -0.2) is 46.6 Å². The van der Waals surface area contributed by atoms with E-state index in [0.717, 1.165) is 12.8 Å². The second kappa shape index (κ2) is 6.81. The lowest BCUT2D eigenvalue weighted by atomic mass is 9.81. The van der Waals surface area contributed by atoms with Gasteiger partial charge in [-0.2, -0.15) is 0 Å². The number of rotatable bonds is 5. The first-order chi connectivity index (χ1) is 12.4. The van der Waals surface area contributed by atoms with Crippen LogP contribution in [0.25, 0.3) is 0 Å². The Labute approximate surface area is 150 Å². The largest absolute Gasteiger partial charge is 0.492 e. The maximum atomic E-state index is 12.6. The Hall–Kier alpha value is -2.84. The fourth-order valence-corrected chi connectivity index (χ4v) is 4.00. The topological polar surface area (TPSA) is 122 Å². The number of ether oxygens (including phenoxy) is 1. The van der Waals surface area contributed by atoms with E-state index in [1.807, 2.05) is 0 Å². The van der Waals surface area contributed by atoms with Crippen LogP contribution in [0.1, 0.15) is 26.2 Å². The number of carboxylic acids is 1. The number of nitro groups is 1.